The fraction of sp³-hybridized carbons (Fsp3) is 0.744. The number of nitrogens with one attached hydrogen (secondary N) is 2. The topological polar surface area (TPSA) is 93.1 Å². The van der Waals surface area contributed by atoms with Gasteiger partial charge in [0, 0.05) is 56.0 Å². The van der Waals surface area contributed by atoms with Crippen LogP contribution in [-0.4, -0.2) is 96.2 Å². The van der Waals surface area contributed by atoms with Gasteiger partial charge in [-0.15, -0.1) is 0 Å². The number of ether oxygens (including phenoxy) is 2. The lowest BCUT2D eigenvalue weighted by molar-refractivity contribution is -0.190. The van der Waals surface area contributed by atoms with Crippen LogP contribution < -0.4 is 15.4 Å². The van der Waals surface area contributed by atoms with E-state index in [9.17, 15) is 10.1 Å². The van der Waals surface area contributed by atoms with E-state index in [1.807, 2.05) is 4.90 Å². The van der Waals surface area contributed by atoms with Crippen molar-refractivity contribution in [2.24, 2.45) is 11.8 Å². The number of nitriles is 1. The van der Waals surface area contributed by atoms with Crippen molar-refractivity contribution in [2.75, 3.05) is 39.8 Å². The second kappa shape index (κ2) is 14.4. The summed E-state index contributed by atoms with van der Waals surface area (Å²) in [4.78, 5) is 20.0. The highest BCUT2D eigenvalue weighted by Gasteiger charge is 2.61. The summed E-state index contributed by atoms with van der Waals surface area (Å²) < 4.78 is 13.8. The normalized spacial score (nSPS) is 36.4. The lowest BCUT2D eigenvalue weighted by atomic mass is 9.62. The van der Waals surface area contributed by atoms with Crippen molar-refractivity contribution in [1.29, 1.82) is 5.26 Å². The Bertz CT molecular complexity index is 1360. The van der Waals surface area contributed by atoms with Crippen LogP contribution in [0.1, 0.15) is 94.6 Å². The van der Waals surface area contributed by atoms with Gasteiger partial charge < -0.3 is 19.3 Å². The van der Waals surface area contributed by atoms with Gasteiger partial charge in [0.1, 0.15) is 11.4 Å². The molecule has 2 aliphatic carbocycles. The zero-order chi connectivity index (χ0) is 33.3. The maximum absolute atomic E-state index is 13.0. The highest BCUT2D eigenvalue weighted by atomic mass is 16.5. The minimum Gasteiger partial charge on any atom is -0.487 e. The summed E-state index contributed by atoms with van der Waals surface area (Å²) in [5, 5.41) is 18.2. The lowest BCUT2D eigenvalue weighted by Crippen LogP contribution is -2.82. The molecule has 9 heteroatoms. The summed E-state index contributed by atoms with van der Waals surface area (Å²) >= 11 is 0. The Morgan fingerprint density at radius 1 is 1.10 bits per heavy atom. The standard InChI is InChI=1S/C39H58N6O3/c1-4-36(46)45-23-22-44(26-30(45)18-20-40)39(29-13-8-6-5-7-9-14-29)33-17-19-38(24-32-28(2)12-10-16-35(32)48-38)25-34(33)41-37(42-39)47-27-31-15-11-21-43(31)3/h4,10,12,16,29-31,33-34,37,41-42H,1,5-9,11,13-15,17-19,21-27H2,2-3H3/t30?,31?,33?,34?,37?,38-,39?/m1/s1. The summed E-state index contributed by atoms with van der Waals surface area (Å²) in [5.74, 6) is 1.79. The molecule has 0 aromatic heterocycles. The van der Waals surface area contributed by atoms with E-state index in [1.54, 1.807) is 0 Å². The van der Waals surface area contributed by atoms with Gasteiger partial charge in [0.15, 0.2) is 6.35 Å². The third kappa shape index (κ3) is 6.44. The molecule has 4 heterocycles. The maximum atomic E-state index is 13.0. The molecule has 2 saturated carbocycles. The molecule has 1 aromatic carbocycles. The average Bonchev–Trinajstić information content (AvgIpc) is 3.65. The van der Waals surface area contributed by atoms with Gasteiger partial charge in [-0.05, 0) is 82.7 Å². The predicted octanol–water partition coefficient (Wildman–Crippen LogP) is 5.09. The number of carbonyl (C=O) groups excluding carboxylic acids is 1. The van der Waals surface area contributed by atoms with Gasteiger partial charge in [-0.3, -0.25) is 20.3 Å². The summed E-state index contributed by atoms with van der Waals surface area (Å²) in [6.45, 7) is 9.90. The lowest BCUT2D eigenvalue weighted by Gasteiger charge is -2.64. The van der Waals surface area contributed by atoms with Crippen LogP contribution in [-0.2, 0) is 16.0 Å². The summed E-state index contributed by atoms with van der Waals surface area (Å²) in [6.07, 6.45) is 16.6. The minimum atomic E-state index is -0.306. The first-order valence-corrected chi connectivity index (χ1v) is 19.0. The molecule has 1 amide bonds. The third-order valence-electron chi connectivity index (χ3n) is 13.1. The predicted molar refractivity (Wildman–Crippen MR) is 187 cm³/mol. The van der Waals surface area contributed by atoms with Crippen LogP contribution in [0.5, 0.6) is 5.75 Å². The van der Waals surface area contributed by atoms with Crippen LogP contribution in [0.2, 0.25) is 0 Å². The first-order chi connectivity index (χ1) is 23.4. The van der Waals surface area contributed by atoms with Gasteiger partial charge in [-0.2, -0.15) is 5.26 Å². The smallest absolute Gasteiger partial charge is 0.246 e. The number of rotatable bonds is 7. The van der Waals surface area contributed by atoms with Crippen LogP contribution in [0.25, 0.3) is 0 Å². The number of benzene rings is 1. The third-order valence-corrected chi connectivity index (χ3v) is 13.1. The molecule has 1 aromatic rings. The number of hydrogen-bond acceptors (Lipinski definition) is 8. The number of hydrogen-bond donors (Lipinski definition) is 2. The van der Waals surface area contributed by atoms with Crippen molar-refractivity contribution in [1.82, 2.24) is 25.3 Å². The van der Waals surface area contributed by atoms with Crippen molar-refractivity contribution >= 4 is 5.91 Å². The number of fused-ring (bicyclic) bond motifs is 2. The molecule has 4 aliphatic heterocycles. The van der Waals surface area contributed by atoms with E-state index in [2.05, 4.69) is 65.3 Å². The second-order valence-electron chi connectivity index (χ2n) is 15.8. The molecule has 262 valence electrons. The Labute approximate surface area is 288 Å². The Morgan fingerprint density at radius 3 is 2.65 bits per heavy atom. The molecule has 3 saturated heterocycles. The SMILES string of the molecule is C=CC(=O)N1CCN(C2(C3CCCCCCC3)NC(OCC3CCCN3C)NC3C[C@@]4(CCC32)Cc2c(C)cccc2O4)CC1CC#N. The maximum Gasteiger partial charge on any atom is 0.246 e. The van der Waals surface area contributed by atoms with Gasteiger partial charge in [0.25, 0.3) is 0 Å². The van der Waals surface area contributed by atoms with E-state index in [0.29, 0.717) is 44.0 Å². The fourth-order valence-electron chi connectivity index (χ4n) is 10.6. The first kappa shape index (κ1) is 34.0. The van der Waals surface area contributed by atoms with Gasteiger partial charge in [-0.25, -0.2) is 0 Å². The van der Waals surface area contributed by atoms with Crippen molar-refractivity contribution in [3.05, 3.63) is 42.0 Å². The number of carbonyl (C=O) groups is 1. The fourth-order valence-corrected chi connectivity index (χ4v) is 10.6. The minimum absolute atomic E-state index is 0.0687. The van der Waals surface area contributed by atoms with Gasteiger partial charge in [-0.1, -0.05) is 50.8 Å². The summed E-state index contributed by atoms with van der Waals surface area (Å²) in [5.41, 5.74) is 2.18. The summed E-state index contributed by atoms with van der Waals surface area (Å²) in [7, 11) is 2.22. The number of likely N-dealkylation sites (N-methyl/N-ethyl adjacent to an activating group) is 1. The van der Waals surface area contributed by atoms with E-state index in [1.165, 1.54) is 75.0 Å². The van der Waals surface area contributed by atoms with Crippen LogP contribution in [0.15, 0.2) is 30.9 Å². The number of amides is 1. The summed E-state index contributed by atoms with van der Waals surface area (Å²) in [6, 6.07) is 9.40. The molecule has 9 nitrogen and oxygen atoms in total. The van der Waals surface area contributed by atoms with Gasteiger partial charge in [0.2, 0.25) is 5.91 Å². The molecule has 0 radical (unpaired) electrons. The van der Waals surface area contributed by atoms with E-state index in [-0.39, 0.29) is 35.6 Å². The number of aryl methyl sites for hydroxylation is 1. The molecule has 7 rings (SSSR count). The zero-order valence-electron chi connectivity index (χ0n) is 29.4. The largest absolute Gasteiger partial charge is 0.487 e. The van der Waals surface area contributed by atoms with Crippen LogP contribution in [0, 0.1) is 30.1 Å². The number of piperazine rings is 1. The Hall–Kier alpha value is -2.48. The van der Waals surface area contributed by atoms with E-state index >= 15 is 0 Å². The average molecular weight is 659 g/mol. The van der Waals surface area contributed by atoms with E-state index in [0.717, 1.165) is 44.5 Å². The molecule has 2 N–H and O–H groups in total. The number of likely N-dealkylation sites (tertiary alicyclic amines) is 1. The monoisotopic (exact) mass is 658 g/mol. The van der Waals surface area contributed by atoms with Gasteiger partial charge >= 0.3 is 0 Å². The molecular formula is C39H58N6O3. The molecule has 6 unspecified atom stereocenters. The van der Waals surface area contributed by atoms with Crippen molar-refractivity contribution in [3.63, 3.8) is 0 Å². The molecule has 0 bridgehead atoms. The molecule has 48 heavy (non-hydrogen) atoms. The van der Waals surface area contributed by atoms with E-state index in [4.69, 9.17) is 9.47 Å². The molecular weight excluding hydrogens is 600 g/mol. The van der Waals surface area contributed by atoms with Crippen molar-refractivity contribution < 1.29 is 14.3 Å². The van der Waals surface area contributed by atoms with Crippen LogP contribution in [0.4, 0.5) is 0 Å². The van der Waals surface area contributed by atoms with Crippen LogP contribution in [0.3, 0.4) is 0 Å². The van der Waals surface area contributed by atoms with Crippen molar-refractivity contribution in [3.8, 4) is 11.8 Å². The Balaban J connectivity index is 1.25. The van der Waals surface area contributed by atoms with Crippen molar-refractivity contribution in [2.45, 2.75) is 133 Å². The molecule has 1 spiro atoms. The second-order valence-corrected chi connectivity index (χ2v) is 15.8. The highest BCUT2D eigenvalue weighted by Crippen LogP contribution is 2.52. The Morgan fingerprint density at radius 2 is 1.92 bits per heavy atom. The quantitative estimate of drug-likeness (QED) is 0.392. The van der Waals surface area contributed by atoms with Crippen LogP contribution >= 0.6 is 0 Å². The van der Waals surface area contributed by atoms with Gasteiger partial charge in [0.05, 0.1) is 30.8 Å². The zero-order valence-corrected chi connectivity index (χ0v) is 29.4. The molecule has 6 aliphatic rings. The Kier molecular flexibility index (Phi) is 10.2. The number of nitrogens with zero attached hydrogens (tertiary/aromatic N) is 4. The molecule has 7 atom stereocenters. The van der Waals surface area contributed by atoms with E-state index < -0.39 is 0 Å². The molecule has 5 fully saturated rings. The highest BCUT2D eigenvalue weighted by molar-refractivity contribution is 5.87. The first-order valence-electron chi connectivity index (χ1n) is 19.0.